The highest BCUT2D eigenvalue weighted by molar-refractivity contribution is 9.10. The van der Waals surface area contributed by atoms with Crippen LogP contribution in [0.25, 0.3) is 0 Å². The predicted octanol–water partition coefficient (Wildman–Crippen LogP) is 4.27. The molecule has 0 radical (unpaired) electrons. The van der Waals surface area contributed by atoms with Gasteiger partial charge in [0.1, 0.15) is 6.61 Å². The Kier molecular flexibility index (Phi) is 4.56. The van der Waals surface area contributed by atoms with Crippen LogP contribution in [0.5, 0.6) is 11.5 Å². The molecule has 0 atom stereocenters. The summed E-state index contributed by atoms with van der Waals surface area (Å²) >= 11 is 9.54. The lowest BCUT2D eigenvalue weighted by Crippen LogP contribution is -1.99. The third kappa shape index (κ3) is 3.33. The van der Waals surface area contributed by atoms with Gasteiger partial charge in [0.15, 0.2) is 11.5 Å². The van der Waals surface area contributed by atoms with E-state index >= 15 is 0 Å². The van der Waals surface area contributed by atoms with Crippen molar-refractivity contribution in [3.8, 4) is 11.5 Å². The summed E-state index contributed by atoms with van der Waals surface area (Å²) in [5, 5.41) is 0.589. The number of ether oxygens (including phenoxy) is 2. The molecule has 0 saturated heterocycles. The minimum absolute atomic E-state index is 0.345. The largest absolute Gasteiger partial charge is 0.493 e. The second kappa shape index (κ2) is 6.17. The molecule has 100 valence electrons. The smallest absolute Gasteiger partial charge is 0.175 e. The van der Waals surface area contributed by atoms with Crippen LogP contribution in [0.2, 0.25) is 5.02 Å². The summed E-state index contributed by atoms with van der Waals surface area (Å²) in [5.74, 6) is 1.32. The fourth-order valence-corrected chi connectivity index (χ4v) is 2.33. The topological polar surface area (TPSA) is 44.5 Å². The van der Waals surface area contributed by atoms with Gasteiger partial charge in [-0.3, -0.25) is 0 Å². The highest BCUT2D eigenvalue weighted by atomic mass is 79.9. The normalized spacial score (nSPS) is 10.3. The molecule has 2 rings (SSSR count). The molecule has 0 fully saturated rings. The van der Waals surface area contributed by atoms with E-state index in [2.05, 4.69) is 15.9 Å². The molecule has 0 aliphatic carbocycles. The molecule has 2 aromatic rings. The summed E-state index contributed by atoms with van der Waals surface area (Å²) < 4.78 is 11.9. The number of para-hydroxylation sites is 1. The second-order valence-electron chi connectivity index (χ2n) is 3.91. The van der Waals surface area contributed by atoms with Crippen molar-refractivity contribution < 1.29 is 9.47 Å². The number of anilines is 1. The SMILES string of the molecule is COc1cccc(Br)c1OCc1ccc(N)cc1Cl. The monoisotopic (exact) mass is 341 g/mol. The van der Waals surface area contributed by atoms with Gasteiger partial charge in [-0.1, -0.05) is 23.7 Å². The molecule has 0 aliphatic heterocycles. The van der Waals surface area contributed by atoms with Gasteiger partial charge in [-0.25, -0.2) is 0 Å². The number of hydrogen-bond donors (Lipinski definition) is 1. The number of nitrogens with two attached hydrogens (primary N) is 1. The fourth-order valence-electron chi connectivity index (χ4n) is 1.62. The summed E-state index contributed by atoms with van der Waals surface area (Å²) in [7, 11) is 1.60. The molecule has 0 heterocycles. The molecule has 0 amide bonds. The van der Waals surface area contributed by atoms with Crippen molar-refractivity contribution in [3.63, 3.8) is 0 Å². The second-order valence-corrected chi connectivity index (χ2v) is 5.17. The van der Waals surface area contributed by atoms with Crippen molar-refractivity contribution in [2.45, 2.75) is 6.61 Å². The average molecular weight is 343 g/mol. The Morgan fingerprint density at radius 2 is 2.05 bits per heavy atom. The Balaban J connectivity index is 2.19. The number of halogens is 2. The maximum absolute atomic E-state index is 6.11. The van der Waals surface area contributed by atoms with Crippen LogP contribution in [-0.4, -0.2) is 7.11 Å². The lowest BCUT2D eigenvalue weighted by atomic mass is 10.2. The van der Waals surface area contributed by atoms with Crippen LogP contribution < -0.4 is 15.2 Å². The van der Waals surface area contributed by atoms with Crippen molar-refractivity contribution in [1.82, 2.24) is 0 Å². The number of hydrogen-bond acceptors (Lipinski definition) is 3. The van der Waals surface area contributed by atoms with Gasteiger partial charge in [0.05, 0.1) is 11.6 Å². The van der Waals surface area contributed by atoms with Crippen LogP contribution in [0, 0.1) is 0 Å². The number of benzene rings is 2. The minimum atomic E-state index is 0.345. The van der Waals surface area contributed by atoms with E-state index in [0.717, 1.165) is 10.0 Å². The molecule has 0 aromatic heterocycles. The molecule has 3 nitrogen and oxygen atoms in total. The van der Waals surface area contributed by atoms with E-state index in [1.807, 2.05) is 24.3 Å². The molecular formula is C14H13BrClNO2. The first-order valence-corrected chi connectivity index (χ1v) is 6.78. The van der Waals surface area contributed by atoms with Crippen molar-refractivity contribution in [3.05, 3.63) is 51.5 Å². The molecule has 0 bridgehead atoms. The zero-order chi connectivity index (χ0) is 13.8. The molecule has 0 saturated carbocycles. The lowest BCUT2D eigenvalue weighted by Gasteiger charge is -2.13. The first kappa shape index (κ1) is 14.0. The van der Waals surface area contributed by atoms with Gasteiger partial charge in [-0.15, -0.1) is 0 Å². The standard InChI is InChI=1S/C14H13BrClNO2/c1-18-13-4-2-3-11(15)14(13)19-8-9-5-6-10(17)7-12(9)16/h2-7H,8,17H2,1H3. The van der Waals surface area contributed by atoms with Crippen LogP contribution in [-0.2, 0) is 6.61 Å². The zero-order valence-corrected chi connectivity index (χ0v) is 12.7. The van der Waals surface area contributed by atoms with Crippen molar-refractivity contribution in [2.24, 2.45) is 0 Å². The average Bonchev–Trinajstić information content (AvgIpc) is 2.39. The highest BCUT2D eigenvalue weighted by Gasteiger charge is 2.10. The molecule has 5 heteroatoms. The van der Waals surface area contributed by atoms with Gasteiger partial charge in [-0.2, -0.15) is 0 Å². The van der Waals surface area contributed by atoms with E-state index in [-0.39, 0.29) is 0 Å². The fraction of sp³-hybridized carbons (Fsp3) is 0.143. The van der Waals surface area contributed by atoms with Crippen molar-refractivity contribution in [2.75, 3.05) is 12.8 Å². The Morgan fingerprint density at radius 3 is 2.74 bits per heavy atom. The van der Waals surface area contributed by atoms with Crippen LogP contribution in [0.4, 0.5) is 5.69 Å². The number of rotatable bonds is 4. The zero-order valence-electron chi connectivity index (χ0n) is 10.3. The van der Waals surface area contributed by atoms with Gasteiger partial charge in [0, 0.05) is 16.3 Å². The van der Waals surface area contributed by atoms with E-state index in [1.54, 1.807) is 19.2 Å². The molecule has 0 spiro atoms. The molecule has 2 aromatic carbocycles. The first-order valence-electron chi connectivity index (χ1n) is 5.61. The molecule has 19 heavy (non-hydrogen) atoms. The Bertz CT molecular complexity index is 590. The van der Waals surface area contributed by atoms with Crippen LogP contribution in [0.1, 0.15) is 5.56 Å². The summed E-state index contributed by atoms with van der Waals surface area (Å²) in [4.78, 5) is 0. The predicted molar refractivity (Wildman–Crippen MR) is 80.9 cm³/mol. The molecular weight excluding hydrogens is 330 g/mol. The molecule has 2 N–H and O–H groups in total. The maximum Gasteiger partial charge on any atom is 0.175 e. The van der Waals surface area contributed by atoms with Gasteiger partial charge in [-0.05, 0) is 40.2 Å². The number of methoxy groups -OCH3 is 1. The summed E-state index contributed by atoms with van der Waals surface area (Å²) in [6.45, 7) is 0.345. The van der Waals surface area contributed by atoms with Crippen LogP contribution >= 0.6 is 27.5 Å². The van der Waals surface area contributed by atoms with Crippen molar-refractivity contribution >= 4 is 33.2 Å². The van der Waals surface area contributed by atoms with E-state index in [1.165, 1.54) is 0 Å². The number of nitrogen functional groups attached to an aromatic ring is 1. The van der Waals surface area contributed by atoms with Crippen LogP contribution in [0.15, 0.2) is 40.9 Å². The lowest BCUT2D eigenvalue weighted by molar-refractivity contribution is 0.282. The summed E-state index contributed by atoms with van der Waals surface area (Å²) in [5.41, 5.74) is 7.15. The van der Waals surface area contributed by atoms with Gasteiger partial charge in [0.2, 0.25) is 0 Å². The quantitative estimate of drug-likeness (QED) is 0.844. The molecule has 0 unspecified atom stereocenters. The van der Waals surface area contributed by atoms with Gasteiger partial charge in [0.25, 0.3) is 0 Å². The van der Waals surface area contributed by atoms with Crippen molar-refractivity contribution in [1.29, 1.82) is 0 Å². The van der Waals surface area contributed by atoms with E-state index in [9.17, 15) is 0 Å². The van der Waals surface area contributed by atoms with Gasteiger partial charge < -0.3 is 15.2 Å². The summed E-state index contributed by atoms with van der Waals surface area (Å²) in [6.07, 6.45) is 0. The first-order chi connectivity index (χ1) is 9.11. The van der Waals surface area contributed by atoms with E-state index < -0.39 is 0 Å². The maximum atomic E-state index is 6.11. The highest BCUT2D eigenvalue weighted by Crippen LogP contribution is 2.35. The van der Waals surface area contributed by atoms with Crippen LogP contribution in [0.3, 0.4) is 0 Å². The third-order valence-electron chi connectivity index (χ3n) is 2.60. The van der Waals surface area contributed by atoms with E-state index in [4.69, 9.17) is 26.8 Å². The summed E-state index contributed by atoms with van der Waals surface area (Å²) in [6, 6.07) is 11.0. The van der Waals surface area contributed by atoms with E-state index in [0.29, 0.717) is 28.8 Å². The third-order valence-corrected chi connectivity index (χ3v) is 3.58. The van der Waals surface area contributed by atoms with Gasteiger partial charge >= 0.3 is 0 Å². The molecule has 0 aliphatic rings. The Morgan fingerprint density at radius 1 is 1.26 bits per heavy atom. The Labute approximate surface area is 125 Å². The minimum Gasteiger partial charge on any atom is -0.493 e. The Hall–Kier alpha value is -1.39.